The second kappa shape index (κ2) is 9.33. The van der Waals surface area contributed by atoms with E-state index in [4.69, 9.17) is 9.47 Å². The lowest BCUT2D eigenvalue weighted by Crippen LogP contribution is -2.45. The van der Waals surface area contributed by atoms with Crippen molar-refractivity contribution in [3.8, 4) is 0 Å². The van der Waals surface area contributed by atoms with Gasteiger partial charge < -0.3 is 14.8 Å². The molecule has 0 saturated carbocycles. The number of carbonyl (C=O) groups is 2. The van der Waals surface area contributed by atoms with Crippen molar-refractivity contribution in [2.45, 2.75) is 40.7 Å². The number of rotatable bonds is 6. The monoisotopic (exact) mass is 376 g/mol. The molecular formula is C21H32N2O4. The van der Waals surface area contributed by atoms with Crippen LogP contribution in [0.15, 0.2) is 24.3 Å². The lowest BCUT2D eigenvalue weighted by atomic mass is 9.95. The number of hydrogen-bond acceptors (Lipinski definition) is 5. The summed E-state index contributed by atoms with van der Waals surface area (Å²) in [4.78, 5) is 26.8. The second-order valence-electron chi connectivity index (χ2n) is 8.53. The maximum atomic E-state index is 12.4. The number of nitrogens with one attached hydrogen (secondary N) is 1. The number of ether oxygens (including phenoxy) is 2. The highest BCUT2D eigenvalue weighted by Crippen LogP contribution is 2.19. The van der Waals surface area contributed by atoms with Crippen molar-refractivity contribution in [2.24, 2.45) is 11.3 Å². The summed E-state index contributed by atoms with van der Waals surface area (Å²) in [5, 5.41) is 2.83. The minimum Gasteiger partial charge on any atom is -0.459 e. The Labute approximate surface area is 162 Å². The lowest BCUT2D eigenvalue weighted by Gasteiger charge is -2.33. The fraction of sp³-hybridized carbons (Fsp3) is 0.619. The van der Waals surface area contributed by atoms with Gasteiger partial charge in [-0.05, 0) is 24.1 Å². The van der Waals surface area contributed by atoms with Gasteiger partial charge in [0.25, 0.3) is 0 Å². The van der Waals surface area contributed by atoms with Gasteiger partial charge in [-0.15, -0.1) is 0 Å². The van der Waals surface area contributed by atoms with E-state index in [9.17, 15) is 9.59 Å². The van der Waals surface area contributed by atoms with Gasteiger partial charge in [0.05, 0.1) is 12.2 Å². The summed E-state index contributed by atoms with van der Waals surface area (Å²) < 4.78 is 11.2. The average Bonchev–Trinajstić information content (AvgIpc) is 2.59. The molecule has 0 aromatic heterocycles. The third-order valence-corrected chi connectivity index (χ3v) is 4.28. The van der Waals surface area contributed by atoms with Crippen molar-refractivity contribution in [3.05, 3.63) is 29.8 Å². The summed E-state index contributed by atoms with van der Waals surface area (Å²) in [6.45, 7) is 13.5. The molecule has 1 aliphatic rings. The molecule has 1 atom stereocenters. The van der Waals surface area contributed by atoms with Crippen LogP contribution in [0.1, 0.15) is 45.0 Å². The molecule has 1 fully saturated rings. The van der Waals surface area contributed by atoms with Crippen LogP contribution in [0.25, 0.3) is 0 Å². The zero-order valence-electron chi connectivity index (χ0n) is 17.1. The summed E-state index contributed by atoms with van der Waals surface area (Å²) in [5.74, 6) is 0.0812. The Morgan fingerprint density at radius 1 is 1.33 bits per heavy atom. The van der Waals surface area contributed by atoms with Crippen LogP contribution in [-0.2, 0) is 14.3 Å². The van der Waals surface area contributed by atoms with Crippen LogP contribution >= 0.6 is 0 Å². The zero-order valence-corrected chi connectivity index (χ0v) is 17.1. The largest absolute Gasteiger partial charge is 0.459 e. The van der Waals surface area contributed by atoms with Crippen molar-refractivity contribution in [1.82, 2.24) is 4.90 Å². The summed E-state index contributed by atoms with van der Waals surface area (Å²) in [7, 11) is 0. The van der Waals surface area contributed by atoms with E-state index >= 15 is 0 Å². The third-order valence-electron chi connectivity index (χ3n) is 4.28. The number of benzene rings is 1. The highest BCUT2D eigenvalue weighted by atomic mass is 16.6. The quantitative estimate of drug-likeness (QED) is 0.773. The normalized spacial score (nSPS) is 18.4. The molecule has 6 nitrogen and oxygen atoms in total. The van der Waals surface area contributed by atoms with Gasteiger partial charge in [-0.25, -0.2) is 4.79 Å². The highest BCUT2D eigenvalue weighted by molar-refractivity contribution is 5.96. The van der Waals surface area contributed by atoms with Crippen LogP contribution in [-0.4, -0.2) is 55.7 Å². The van der Waals surface area contributed by atoms with Gasteiger partial charge in [0.1, 0.15) is 12.7 Å². The molecule has 1 aliphatic heterocycles. The standard InChI is InChI=1S/C21H32N2O4/c1-15(2)12-23-9-10-26-18(13-23)14-27-19(24)16-7-6-8-17(11-16)22-20(25)21(3,4)5/h6-8,11,15,18H,9-10,12-14H2,1-5H3,(H,22,25). The van der Waals surface area contributed by atoms with Crippen LogP contribution in [0.5, 0.6) is 0 Å². The molecule has 6 heteroatoms. The van der Waals surface area contributed by atoms with Crippen molar-refractivity contribution in [3.63, 3.8) is 0 Å². The summed E-state index contributed by atoms with van der Waals surface area (Å²) in [6.07, 6.45) is -0.106. The van der Waals surface area contributed by atoms with Gasteiger partial charge in [-0.1, -0.05) is 40.7 Å². The first-order chi connectivity index (χ1) is 12.6. The average molecular weight is 376 g/mol. The Kier molecular flexibility index (Phi) is 7.39. The first-order valence-electron chi connectivity index (χ1n) is 9.57. The fourth-order valence-corrected chi connectivity index (χ4v) is 2.86. The van der Waals surface area contributed by atoms with Gasteiger partial charge in [-0.3, -0.25) is 9.69 Å². The lowest BCUT2D eigenvalue weighted by molar-refractivity contribution is -0.123. The fourth-order valence-electron chi connectivity index (χ4n) is 2.86. The van der Waals surface area contributed by atoms with E-state index in [0.717, 1.165) is 19.6 Å². The van der Waals surface area contributed by atoms with E-state index in [-0.39, 0.29) is 18.6 Å². The summed E-state index contributed by atoms with van der Waals surface area (Å²) >= 11 is 0. The number of nitrogens with zero attached hydrogens (tertiary/aromatic N) is 1. The molecule has 2 rings (SSSR count). The number of hydrogen-bond donors (Lipinski definition) is 1. The highest BCUT2D eigenvalue weighted by Gasteiger charge is 2.23. The minimum absolute atomic E-state index is 0.103. The maximum Gasteiger partial charge on any atom is 0.338 e. The summed E-state index contributed by atoms with van der Waals surface area (Å²) in [6, 6.07) is 6.81. The molecular weight excluding hydrogens is 344 g/mol. The molecule has 1 heterocycles. The molecule has 1 N–H and O–H groups in total. The first kappa shape index (κ1) is 21.4. The van der Waals surface area contributed by atoms with Gasteiger partial charge >= 0.3 is 5.97 Å². The van der Waals surface area contributed by atoms with E-state index < -0.39 is 11.4 Å². The van der Waals surface area contributed by atoms with Gasteiger partial charge in [0.2, 0.25) is 5.91 Å². The Balaban J connectivity index is 1.89. The summed E-state index contributed by atoms with van der Waals surface area (Å²) in [5.41, 5.74) is 0.495. The van der Waals surface area contributed by atoms with Crippen LogP contribution < -0.4 is 5.32 Å². The molecule has 1 aromatic carbocycles. The Morgan fingerprint density at radius 2 is 2.07 bits per heavy atom. The van der Waals surface area contributed by atoms with Gasteiger partial charge in [0.15, 0.2) is 0 Å². The van der Waals surface area contributed by atoms with Crippen LogP contribution in [0, 0.1) is 11.3 Å². The molecule has 0 spiro atoms. The first-order valence-corrected chi connectivity index (χ1v) is 9.57. The van der Waals surface area contributed by atoms with E-state index in [2.05, 4.69) is 24.1 Å². The zero-order chi connectivity index (χ0) is 20.0. The van der Waals surface area contributed by atoms with Crippen molar-refractivity contribution in [1.29, 1.82) is 0 Å². The molecule has 0 aliphatic carbocycles. The molecule has 0 radical (unpaired) electrons. The molecule has 1 amide bonds. The van der Waals surface area contributed by atoms with Crippen LogP contribution in [0.4, 0.5) is 5.69 Å². The Bertz CT molecular complexity index is 652. The Morgan fingerprint density at radius 3 is 2.74 bits per heavy atom. The van der Waals surface area contributed by atoms with Crippen molar-refractivity contribution < 1.29 is 19.1 Å². The number of amides is 1. The van der Waals surface area contributed by atoms with Crippen LogP contribution in [0.2, 0.25) is 0 Å². The van der Waals surface area contributed by atoms with Crippen molar-refractivity contribution >= 4 is 17.6 Å². The minimum atomic E-state index is -0.503. The van der Waals surface area contributed by atoms with E-state index in [0.29, 0.717) is 23.8 Å². The smallest absolute Gasteiger partial charge is 0.338 e. The third kappa shape index (κ3) is 6.96. The molecule has 1 aromatic rings. The number of carbonyl (C=O) groups excluding carboxylic acids is 2. The number of esters is 1. The number of morpholine rings is 1. The van der Waals surface area contributed by atoms with E-state index in [1.165, 1.54) is 0 Å². The van der Waals surface area contributed by atoms with Crippen LogP contribution in [0.3, 0.4) is 0 Å². The molecule has 27 heavy (non-hydrogen) atoms. The topological polar surface area (TPSA) is 67.9 Å². The van der Waals surface area contributed by atoms with Crippen molar-refractivity contribution in [2.75, 3.05) is 38.2 Å². The number of anilines is 1. The SMILES string of the molecule is CC(C)CN1CCOC(COC(=O)c2cccc(NC(=O)C(C)(C)C)c2)C1. The van der Waals surface area contributed by atoms with Gasteiger partial charge in [0, 0.05) is 30.7 Å². The maximum absolute atomic E-state index is 12.4. The van der Waals surface area contributed by atoms with E-state index in [1.54, 1.807) is 24.3 Å². The second-order valence-corrected chi connectivity index (χ2v) is 8.53. The predicted octanol–water partition coefficient (Wildman–Crippen LogP) is 3.18. The molecule has 1 unspecified atom stereocenters. The Hall–Kier alpha value is -1.92. The van der Waals surface area contributed by atoms with E-state index in [1.807, 2.05) is 20.8 Å². The molecule has 150 valence electrons. The predicted molar refractivity (Wildman–Crippen MR) is 106 cm³/mol. The molecule has 0 bridgehead atoms. The van der Waals surface area contributed by atoms with Gasteiger partial charge in [-0.2, -0.15) is 0 Å². The molecule has 1 saturated heterocycles.